The zero-order valence-corrected chi connectivity index (χ0v) is 7.73. The molecule has 3 nitrogen and oxygen atoms in total. The average Bonchev–Trinajstić information content (AvgIpc) is 1.99. The maximum absolute atomic E-state index is 10.3. The molecule has 0 amide bonds. The van der Waals surface area contributed by atoms with E-state index in [1.54, 1.807) is 6.92 Å². The van der Waals surface area contributed by atoms with E-state index in [0.29, 0.717) is 0 Å². The molecular weight excluding hydrogens is 162 g/mol. The Hall–Kier alpha value is -0.220. The van der Waals surface area contributed by atoms with E-state index in [4.69, 9.17) is 10.8 Å². The minimum atomic E-state index is -0.765. The van der Waals surface area contributed by atoms with E-state index < -0.39 is 5.97 Å². The summed E-state index contributed by atoms with van der Waals surface area (Å²) in [6.45, 7) is 3.67. The molecule has 0 aromatic heterocycles. The highest BCUT2D eigenvalue weighted by molar-refractivity contribution is 8.00. The van der Waals surface area contributed by atoms with Gasteiger partial charge in [-0.05, 0) is 13.3 Å². The Morgan fingerprint density at radius 1 is 1.73 bits per heavy atom. The fourth-order valence-corrected chi connectivity index (χ4v) is 1.37. The number of carbonyl (C=O) groups is 1. The average molecular weight is 177 g/mol. The molecule has 0 aromatic rings. The zero-order chi connectivity index (χ0) is 8.85. The number of aliphatic carboxylic acids is 1. The van der Waals surface area contributed by atoms with Crippen molar-refractivity contribution in [3.05, 3.63) is 0 Å². The van der Waals surface area contributed by atoms with Crippen molar-refractivity contribution >= 4 is 17.7 Å². The van der Waals surface area contributed by atoms with Gasteiger partial charge in [0.05, 0.1) is 5.25 Å². The fraction of sp³-hybridized carbons (Fsp3) is 0.857. The first-order valence-corrected chi connectivity index (χ1v) is 4.72. The first-order chi connectivity index (χ1) is 5.07. The molecule has 3 N–H and O–H groups in total. The van der Waals surface area contributed by atoms with Crippen LogP contribution in [0.5, 0.6) is 0 Å². The number of carboxylic acid groups (broad SMARTS) is 1. The van der Waals surface area contributed by atoms with Gasteiger partial charge in [0.1, 0.15) is 0 Å². The molecule has 0 fully saturated rings. The van der Waals surface area contributed by atoms with Crippen LogP contribution in [0.15, 0.2) is 0 Å². The Balaban J connectivity index is 3.45. The van der Waals surface area contributed by atoms with Gasteiger partial charge < -0.3 is 10.8 Å². The van der Waals surface area contributed by atoms with Crippen LogP contribution in [0.25, 0.3) is 0 Å². The summed E-state index contributed by atoms with van der Waals surface area (Å²) in [4.78, 5) is 10.3. The maximum atomic E-state index is 10.3. The van der Waals surface area contributed by atoms with Crippen molar-refractivity contribution in [3.63, 3.8) is 0 Å². The summed E-state index contributed by atoms with van der Waals surface area (Å²) in [5.74, 6) is -0.0393. The maximum Gasteiger partial charge on any atom is 0.316 e. The smallest absolute Gasteiger partial charge is 0.316 e. The van der Waals surface area contributed by atoms with Crippen molar-refractivity contribution in [3.8, 4) is 0 Å². The van der Waals surface area contributed by atoms with Gasteiger partial charge in [-0.15, -0.1) is 11.8 Å². The molecule has 0 rings (SSSR count). The molecule has 0 aromatic carbocycles. The van der Waals surface area contributed by atoms with Crippen LogP contribution < -0.4 is 5.73 Å². The second kappa shape index (κ2) is 5.43. The highest BCUT2D eigenvalue weighted by Gasteiger charge is 2.11. The lowest BCUT2D eigenvalue weighted by atomic mass is 10.3. The highest BCUT2D eigenvalue weighted by Crippen LogP contribution is 2.11. The normalized spacial score (nSPS) is 15.9. The quantitative estimate of drug-likeness (QED) is 0.655. The zero-order valence-electron chi connectivity index (χ0n) is 6.91. The third-order valence-corrected chi connectivity index (χ3v) is 2.75. The van der Waals surface area contributed by atoms with Crippen molar-refractivity contribution in [2.24, 2.45) is 5.73 Å². The van der Waals surface area contributed by atoms with Gasteiger partial charge in [0.25, 0.3) is 0 Å². The topological polar surface area (TPSA) is 63.3 Å². The summed E-state index contributed by atoms with van der Waals surface area (Å²) in [5, 5.41) is 8.17. The van der Waals surface area contributed by atoms with Crippen LogP contribution in [0.3, 0.4) is 0 Å². The van der Waals surface area contributed by atoms with Crippen LogP contribution in [-0.4, -0.2) is 28.1 Å². The molecule has 0 aliphatic rings. The van der Waals surface area contributed by atoms with E-state index in [-0.39, 0.29) is 11.3 Å². The Bertz CT molecular complexity index is 130. The SMILES string of the molecule is CCC(N)CSC(C)C(=O)O. The number of thioether (sulfide) groups is 1. The second-order valence-corrected chi connectivity index (χ2v) is 3.86. The Morgan fingerprint density at radius 2 is 2.27 bits per heavy atom. The molecule has 4 heteroatoms. The summed E-state index contributed by atoms with van der Waals surface area (Å²) in [6.07, 6.45) is 0.902. The lowest BCUT2D eigenvalue weighted by Crippen LogP contribution is -2.24. The predicted molar refractivity (Wildman–Crippen MR) is 47.8 cm³/mol. The monoisotopic (exact) mass is 177 g/mol. The second-order valence-electron chi connectivity index (χ2n) is 2.48. The van der Waals surface area contributed by atoms with Crippen molar-refractivity contribution in [1.82, 2.24) is 0 Å². The van der Waals surface area contributed by atoms with Crippen molar-refractivity contribution in [2.45, 2.75) is 31.6 Å². The molecule has 0 aliphatic heterocycles. The number of hydrogen-bond acceptors (Lipinski definition) is 3. The third-order valence-electron chi connectivity index (χ3n) is 1.43. The van der Waals surface area contributed by atoms with Crippen LogP contribution in [0.1, 0.15) is 20.3 Å². The molecular formula is C7H15NO2S. The summed E-state index contributed by atoms with van der Waals surface area (Å²) < 4.78 is 0. The Kier molecular flexibility index (Phi) is 5.32. The van der Waals surface area contributed by atoms with Gasteiger partial charge in [0, 0.05) is 11.8 Å². The van der Waals surface area contributed by atoms with Gasteiger partial charge in [-0.1, -0.05) is 6.92 Å². The number of hydrogen-bond donors (Lipinski definition) is 2. The summed E-state index contributed by atoms with van der Waals surface area (Å²) in [5.41, 5.74) is 5.61. The molecule has 0 bridgehead atoms. The molecule has 0 radical (unpaired) electrons. The summed E-state index contributed by atoms with van der Waals surface area (Å²) in [7, 11) is 0. The van der Waals surface area contributed by atoms with E-state index in [1.807, 2.05) is 6.92 Å². The lowest BCUT2D eigenvalue weighted by Gasteiger charge is -2.10. The molecule has 0 aliphatic carbocycles. The molecule has 11 heavy (non-hydrogen) atoms. The van der Waals surface area contributed by atoms with Gasteiger partial charge in [0.2, 0.25) is 0 Å². The van der Waals surface area contributed by atoms with Gasteiger partial charge in [-0.25, -0.2) is 0 Å². The standard InChI is InChI=1S/C7H15NO2S/c1-3-6(8)4-11-5(2)7(9)10/h5-6H,3-4,8H2,1-2H3,(H,9,10). The fourth-order valence-electron chi connectivity index (χ4n) is 0.457. The lowest BCUT2D eigenvalue weighted by molar-refractivity contribution is -0.136. The number of carboxylic acids is 1. The van der Waals surface area contributed by atoms with Gasteiger partial charge in [-0.3, -0.25) is 4.79 Å². The molecule has 0 spiro atoms. The predicted octanol–water partition coefficient (Wildman–Crippen LogP) is 0.930. The first-order valence-electron chi connectivity index (χ1n) is 3.68. The van der Waals surface area contributed by atoms with E-state index in [2.05, 4.69) is 0 Å². The van der Waals surface area contributed by atoms with Crippen LogP contribution in [0.4, 0.5) is 0 Å². The Labute approximate surface area is 71.3 Å². The molecule has 2 atom stereocenters. The van der Waals surface area contributed by atoms with E-state index in [1.165, 1.54) is 11.8 Å². The Morgan fingerprint density at radius 3 is 2.64 bits per heavy atom. The van der Waals surface area contributed by atoms with Crippen LogP contribution >= 0.6 is 11.8 Å². The van der Waals surface area contributed by atoms with Crippen LogP contribution in [0.2, 0.25) is 0 Å². The van der Waals surface area contributed by atoms with Gasteiger partial charge in [-0.2, -0.15) is 0 Å². The number of rotatable bonds is 5. The molecule has 0 heterocycles. The van der Waals surface area contributed by atoms with Gasteiger partial charge in [0.15, 0.2) is 0 Å². The highest BCUT2D eigenvalue weighted by atomic mass is 32.2. The van der Waals surface area contributed by atoms with Crippen molar-refractivity contribution in [1.29, 1.82) is 0 Å². The van der Waals surface area contributed by atoms with E-state index >= 15 is 0 Å². The minimum absolute atomic E-state index is 0.127. The molecule has 0 saturated carbocycles. The summed E-state index contributed by atoms with van der Waals surface area (Å²) >= 11 is 1.39. The third kappa shape index (κ3) is 5.09. The molecule has 2 unspecified atom stereocenters. The van der Waals surface area contributed by atoms with Crippen molar-refractivity contribution < 1.29 is 9.90 Å². The first kappa shape index (κ1) is 10.8. The van der Waals surface area contributed by atoms with Crippen molar-refractivity contribution in [2.75, 3.05) is 5.75 Å². The molecule has 66 valence electrons. The van der Waals surface area contributed by atoms with Crippen LogP contribution in [0, 0.1) is 0 Å². The largest absolute Gasteiger partial charge is 0.480 e. The molecule has 0 saturated heterocycles. The van der Waals surface area contributed by atoms with E-state index in [9.17, 15) is 4.79 Å². The number of nitrogens with two attached hydrogens (primary N) is 1. The minimum Gasteiger partial charge on any atom is -0.480 e. The van der Waals surface area contributed by atoms with Gasteiger partial charge >= 0.3 is 5.97 Å². The van der Waals surface area contributed by atoms with Crippen LogP contribution in [-0.2, 0) is 4.79 Å². The summed E-state index contributed by atoms with van der Waals surface area (Å²) in [6, 6.07) is 0.127. The van der Waals surface area contributed by atoms with E-state index in [0.717, 1.165) is 12.2 Å².